The summed E-state index contributed by atoms with van der Waals surface area (Å²) in [7, 11) is 0. The summed E-state index contributed by atoms with van der Waals surface area (Å²) < 4.78 is 23.3. The van der Waals surface area contributed by atoms with Crippen LogP contribution in [-0.4, -0.2) is 23.8 Å². The summed E-state index contributed by atoms with van der Waals surface area (Å²) in [4.78, 5) is 4.07. The zero-order valence-corrected chi connectivity index (χ0v) is 4.81. The summed E-state index contributed by atoms with van der Waals surface area (Å²) in [5.41, 5.74) is 0. The molecule has 0 spiro atoms. The van der Waals surface area contributed by atoms with Crippen LogP contribution < -0.4 is 0 Å². The molecule has 0 saturated heterocycles. The predicted molar refractivity (Wildman–Crippen MR) is 28.0 cm³/mol. The van der Waals surface area contributed by atoms with E-state index in [2.05, 4.69) is 17.9 Å². The first kappa shape index (κ1) is 6.45. The van der Waals surface area contributed by atoms with Crippen LogP contribution in [0.4, 0.5) is 8.78 Å². The third-order valence-electron chi connectivity index (χ3n) is 0.880. The Morgan fingerprint density at radius 3 is 2.56 bits per heavy atom. The molecule has 1 rings (SSSR count). The Hall–Kier alpha value is -0.670. The monoisotopic (exact) mass is 131 g/mol. The van der Waals surface area contributed by atoms with Crippen LogP contribution in [0.2, 0.25) is 0 Å². The zero-order valence-electron chi connectivity index (χ0n) is 4.81. The van der Waals surface area contributed by atoms with Crippen molar-refractivity contribution in [3.05, 3.63) is 6.54 Å². The van der Waals surface area contributed by atoms with Gasteiger partial charge in [-0.1, -0.05) is 0 Å². The van der Waals surface area contributed by atoms with Gasteiger partial charge in [0.15, 0.2) is 6.34 Å². The van der Waals surface area contributed by atoms with Crippen LogP contribution in [0, 0.1) is 6.54 Å². The van der Waals surface area contributed by atoms with E-state index in [1.165, 1.54) is 0 Å². The van der Waals surface area contributed by atoms with Gasteiger partial charge in [0, 0.05) is 0 Å². The molecule has 0 amide bonds. The second-order valence-electron chi connectivity index (χ2n) is 1.68. The lowest BCUT2D eigenvalue weighted by molar-refractivity contribution is 0.0438. The molecule has 1 heterocycles. The second-order valence-corrected chi connectivity index (χ2v) is 1.68. The standard InChI is InChI=1S/C5H5F2N2/c1-4-2-9(3-8-4)5(6)7/h4-5H,1H3. The highest BCUT2D eigenvalue weighted by Gasteiger charge is 2.22. The summed E-state index contributed by atoms with van der Waals surface area (Å²) in [6.07, 6.45) is 2.10. The van der Waals surface area contributed by atoms with Gasteiger partial charge in [-0.15, -0.1) is 0 Å². The number of nitrogens with zero attached hydrogens (tertiary/aromatic N) is 2. The van der Waals surface area contributed by atoms with Crippen LogP contribution in [0.15, 0.2) is 4.99 Å². The van der Waals surface area contributed by atoms with Gasteiger partial charge in [0.25, 0.3) is 0 Å². The largest absolute Gasteiger partial charge is 0.317 e. The van der Waals surface area contributed by atoms with Crippen LogP contribution in [-0.2, 0) is 0 Å². The number of halogens is 2. The fourth-order valence-electron chi connectivity index (χ4n) is 0.508. The van der Waals surface area contributed by atoms with E-state index < -0.39 is 6.55 Å². The van der Waals surface area contributed by atoms with Crippen LogP contribution in [0.5, 0.6) is 0 Å². The molecule has 0 bridgehead atoms. The van der Waals surface area contributed by atoms with Crippen molar-refractivity contribution in [2.45, 2.75) is 19.5 Å². The molecule has 9 heavy (non-hydrogen) atoms. The predicted octanol–water partition coefficient (Wildman–Crippen LogP) is 0.857. The molecule has 0 aromatic rings. The minimum Gasteiger partial charge on any atom is -0.284 e. The van der Waals surface area contributed by atoms with Crippen molar-refractivity contribution in [1.29, 1.82) is 0 Å². The Kier molecular flexibility index (Phi) is 1.64. The van der Waals surface area contributed by atoms with E-state index in [1.807, 2.05) is 0 Å². The smallest absolute Gasteiger partial charge is 0.284 e. The van der Waals surface area contributed by atoms with Crippen molar-refractivity contribution >= 4 is 6.34 Å². The fourth-order valence-corrected chi connectivity index (χ4v) is 0.508. The first-order valence-electron chi connectivity index (χ1n) is 2.49. The summed E-state index contributed by atoms with van der Waals surface area (Å²) in [6, 6.07) is -0.279. The molecule has 0 N–H and O–H groups in total. The molecule has 1 aliphatic heterocycles. The summed E-state index contributed by atoms with van der Waals surface area (Å²) in [5, 5.41) is 0. The van der Waals surface area contributed by atoms with Crippen molar-refractivity contribution in [3.63, 3.8) is 0 Å². The lowest BCUT2D eigenvalue weighted by atomic mass is 10.4. The molecule has 49 valence electrons. The molecule has 3 radical (unpaired) electrons. The molecule has 2 nitrogen and oxygen atoms in total. The van der Waals surface area contributed by atoms with E-state index >= 15 is 0 Å². The molecule has 1 aliphatic rings. The molecule has 0 aromatic carbocycles. The normalized spacial score (nSPS) is 26.2. The van der Waals surface area contributed by atoms with Crippen LogP contribution in [0.25, 0.3) is 0 Å². The topological polar surface area (TPSA) is 15.6 Å². The summed E-state index contributed by atoms with van der Waals surface area (Å²) in [6.45, 7) is 1.46. The molecule has 0 aromatic heterocycles. The van der Waals surface area contributed by atoms with E-state index in [0.717, 1.165) is 0 Å². The first-order chi connectivity index (χ1) is 4.20. The highest BCUT2D eigenvalue weighted by atomic mass is 19.3. The van der Waals surface area contributed by atoms with Gasteiger partial charge in [-0.25, -0.2) is 0 Å². The van der Waals surface area contributed by atoms with Gasteiger partial charge in [-0.05, 0) is 6.92 Å². The van der Waals surface area contributed by atoms with Crippen molar-refractivity contribution in [1.82, 2.24) is 4.90 Å². The van der Waals surface area contributed by atoms with Crippen molar-refractivity contribution in [2.75, 3.05) is 0 Å². The maximum absolute atomic E-state index is 11.7. The molecular weight excluding hydrogens is 126 g/mol. The van der Waals surface area contributed by atoms with Gasteiger partial charge in [-0.2, -0.15) is 8.78 Å². The van der Waals surface area contributed by atoms with Crippen molar-refractivity contribution in [3.8, 4) is 0 Å². The molecule has 0 saturated carbocycles. The number of hydrogen-bond acceptors (Lipinski definition) is 2. The van der Waals surface area contributed by atoms with Crippen molar-refractivity contribution < 1.29 is 8.78 Å². The average Bonchev–Trinajstić information content (AvgIpc) is 2.14. The first-order valence-corrected chi connectivity index (χ1v) is 2.49. The molecule has 0 fully saturated rings. The van der Waals surface area contributed by atoms with Gasteiger partial charge in [0.2, 0.25) is 0 Å². The quantitative estimate of drug-likeness (QED) is 0.482. The van der Waals surface area contributed by atoms with Crippen LogP contribution >= 0.6 is 0 Å². The summed E-state index contributed by atoms with van der Waals surface area (Å²) >= 11 is 0. The van der Waals surface area contributed by atoms with Gasteiger partial charge >= 0.3 is 6.55 Å². The number of rotatable bonds is 1. The Morgan fingerprint density at radius 2 is 2.33 bits per heavy atom. The van der Waals surface area contributed by atoms with Gasteiger partial charge in [0.1, 0.15) is 6.54 Å². The van der Waals surface area contributed by atoms with E-state index in [1.54, 1.807) is 6.92 Å². The zero-order chi connectivity index (χ0) is 6.85. The van der Waals surface area contributed by atoms with Crippen LogP contribution in [0.3, 0.4) is 0 Å². The fraction of sp³-hybridized carbons (Fsp3) is 0.600. The molecule has 4 heteroatoms. The SMILES string of the molecule is CC1[C]N(C(F)F)[C]=N1. The van der Waals surface area contributed by atoms with Gasteiger partial charge in [-0.3, -0.25) is 9.89 Å². The Bertz CT molecular complexity index is 124. The minimum absolute atomic E-state index is 0.279. The maximum Gasteiger partial charge on any atom is 0.317 e. The van der Waals surface area contributed by atoms with Gasteiger partial charge in [0.05, 0.1) is 6.04 Å². The van der Waals surface area contributed by atoms with E-state index in [4.69, 9.17) is 0 Å². The average molecular weight is 131 g/mol. The number of hydrogen-bond donors (Lipinski definition) is 0. The lowest BCUT2D eigenvalue weighted by Crippen LogP contribution is -2.22. The van der Waals surface area contributed by atoms with Crippen molar-refractivity contribution in [2.24, 2.45) is 4.99 Å². The Labute approximate surface area is 52.2 Å². The summed E-state index contributed by atoms with van der Waals surface area (Å²) in [5.74, 6) is 0. The molecular formula is C5H5F2N2. The van der Waals surface area contributed by atoms with E-state index in [0.29, 0.717) is 4.90 Å². The Morgan fingerprint density at radius 1 is 1.67 bits per heavy atom. The number of aliphatic imine (C=N–C) groups is 1. The second kappa shape index (κ2) is 2.29. The molecule has 0 aliphatic carbocycles. The van der Waals surface area contributed by atoms with E-state index in [-0.39, 0.29) is 6.04 Å². The maximum atomic E-state index is 11.7. The van der Waals surface area contributed by atoms with Crippen LogP contribution in [0.1, 0.15) is 6.92 Å². The third-order valence-corrected chi connectivity index (χ3v) is 0.880. The van der Waals surface area contributed by atoms with Gasteiger partial charge < -0.3 is 0 Å². The highest BCUT2D eigenvalue weighted by molar-refractivity contribution is 5.59. The molecule has 1 atom stereocenters. The lowest BCUT2D eigenvalue weighted by Gasteiger charge is -2.09. The number of alkyl halides is 2. The minimum atomic E-state index is -2.56. The third kappa shape index (κ3) is 1.37. The Balaban J connectivity index is 2.41. The van der Waals surface area contributed by atoms with E-state index in [9.17, 15) is 8.78 Å². The highest BCUT2D eigenvalue weighted by Crippen LogP contribution is 2.12. The molecule has 1 unspecified atom stereocenters.